The van der Waals surface area contributed by atoms with Gasteiger partial charge in [0, 0.05) is 18.7 Å². The Bertz CT molecular complexity index is 383. The van der Waals surface area contributed by atoms with Gasteiger partial charge < -0.3 is 11.1 Å². The number of halogens is 2. The van der Waals surface area contributed by atoms with E-state index < -0.39 is 5.41 Å². The zero-order valence-electron chi connectivity index (χ0n) is 10.00. The van der Waals surface area contributed by atoms with E-state index in [-0.39, 0.29) is 24.1 Å². The minimum absolute atomic E-state index is 0. The molecule has 0 fully saturated rings. The highest BCUT2D eigenvalue weighted by Gasteiger charge is 2.31. The number of hydrogen-bond acceptors (Lipinski definition) is 2. The zero-order valence-corrected chi connectivity index (χ0v) is 10.8. The van der Waals surface area contributed by atoms with E-state index in [9.17, 15) is 9.18 Å². The van der Waals surface area contributed by atoms with Gasteiger partial charge in [-0.15, -0.1) is 12.4 Å². The average Bonchev–Trinajstić information content (AvgIpc) is 2.26. The molecule has 1 aromatic carbocycles. The van der Waals surface area contributed by atoms with Gasteiger partial charge in [0.15, 0.2) is 0 Å². The normalized spacial score (nSPS) is 10.6. The van der Waals surface area contributed by atoms with Crippen molar-refractivity contribution in [3.63, 3.8) is 0 Å². The van der Waals surface area contributed by atoms with Crippen molar-refractivity contribution in [2.45, 2.75) is 19.3 Å². The topological polar surface area (TPSA) is 55.1 Å². The highest BCUT2D eigenvalue weighted by molar-refractivity contribution is 5.87. The summed E-state index contributed by atoms with van der Waals surface area (Å²) in [6.07, 6.45) is 0. The number of carbonyl (C=O) groups is 1. The van der Waals surface area contributed by atoms with Crippen molar-refractivity contribution in [3.8, 4) is 0 Å². The highest BCUT2D eigenvalue weighted by atomic mass is 35.5. The molecule has 0 saturated carbocycles. The maximum absolute atomic E-state index is 13.6. The first kappa shape index (κ1) is 15.9. The molecule has 3 nitrogen and oxygen atoms in total. The molecule has 0 aliphatic rings. The molecule has 1 amide bonds. The Labute approximate surface area is 107 Å². The van der Waals surface area contributed by atoms with Crippen LogP contribution in [0.15, 0.2) is 24.3 Å². The maximum Gasteiger partial charge on any atom is 0.230 e. The molecular weight excluding hydrogens is 243 g/mol. The van der Waals surface area contributed by atoms with Crippen molar-refractivity contribution in [1.82, 2.24) is 5.32 Å². The van der Waals surface area contributed by atoms with Gasteiger partial charge >= 0.3 is 0 Å². The number of nitrogens with two attached hydrogens (primary N) is 1. The number of amides is 1. The van der Waals surface area contributed by atoms with Gasteiger partial charge in [0.2, 0.25) is 5.91 Å². The molecule has 0 heterocycles. The highest BCUT2D eigenvalue weighted by Crippen LogP contribution is 2.25. The molecule has 0 bridgehead atoms. The van der Waals surface area contributed by atoms with Crippen LogP contribution in [0.25, 0.3) is 0 Å². The Morgan fingerprint density at radius 2 is 2.00 bits per heavy atom. The Balaban J connectivity index is 0.00000256. The van der Waals surface area contributed by atoms with Crippen LogP contribution in [0.5, 0.6) is 0 Å². The van der Waals surface area contributed by atoms with Gasteiger partial charge in [-0.3, -0.25) is 4.79 Å². The van der Waals surface area contributed by atoms with E-state index in [1.165, 1.54) is 6.07 Å². The van der Waals surface area contributed by atoms with E-state index in [0.717, 1.165) is 0 Å². The second-order valence-electron chi connectivity index (χ2n) is 4.15. The summed E-state index contributed by atoms with van der Waals surface area (Å²) in [5, 5.41) is 2.67. The van der Waals surface area contributed by atoms with E-state index in [1.807, 2.05) is 0 Å². The summed E-state index contributed by atoms with van der Waals surface area (Å²) in [4.78, 5) is 11.8. The standard InChI is InChI=1S/C12H17FN2O.ClH/c1-12(2,11(16)15-8-7-14)9-5-3-4-6-10(9)13;/h3-6H,7-8,14H2,1-2H3,(H,15,16);1H. The summed E-state index contributed by atoms with van der Waals surface area (Å²) in [6.45, 7) is 4.16. The Kier molecular flexibility index (Phi) is 6.13. The summed E-state index contributed by atoms with van der Waals surface area (Å²) in [5.41, 5.74) is 4.80. The van der Waals surface area contributed by atoms with Gasteiger partial charge in [0.25, 0.3) is 0 Å². The number of rotatable bonds is 4. The fraction of sp³-hybridized carbons (Fsp3) is 0.417. The molecule has 0 unspecified atom stereocenters. The van der Waals surface area contributed by atoms with Crippen LogP contribution in [0, 0.1) is 5.82 Å². The summed E-state index contributed by atoms with van der Waals surface area (Å²) < 4.78 is 13.6. The lowest BCUT2D eigenvalue weighted by atomic mass is 9.83. The molecule has 1 rings (SSSR count). The van der Waals surface area contributed by atoms with E-state index in [4.69, 9.17) is 5.73 Å². The number of hydrogen-bond donors (Lipinski definition) is 2. The van der Waals surface area contributed by atoms with E-state index >= 15 is 0 Å². The van der Waals surface area contributed by atoms with Gasteiger partial charge in [-0.1, -0.05) is 18.2 Å². The zero-order chi connectivity index (χ0) is 12.2. The maximum atomic E-state index is 13.6. The first-order valence-electron chi connectivity index (χ1n) is 5.23. The molecule has 0 aliphatic heterocycles. The van der Waals surface area contributed by atoms with Crippen LogP contribution < -0.4 is 11.1 Å². The van der Waals surface area contributed by atoms with Crippen LogP contribution in [0.3, 0.4) is 0 Å². The van der Waals surface area contributed by atoms with Gasteiger partial charge in [-0.25, -0.2) is 4.39 Å². The Hall–Kier alpha value is -1.13. The van der Waals surface area contributed by atoms with Gasteiger partial charge in [-0.05, 0) is 19.9 Å². The van der Waals surface area contributed by atoms with Crippen molar-refractivity contribution in [3.05, 3.63) is 35.6 Å². The van der Waals surface area contributed by atoms with Crippen LogP contribution in [0.4, 0.5) is 4.39 Å². The fourth-order valence-electron chi connectivity index (χ4n) is 1.50. The Morgan fingerprint density at radius 1 is 1.41 bits per heavy atom. The lowest BCUT2D eigenvalue weighted by Crippen LogP contribution is -2.42. The first-order chi connectivity index (χ1) is 7.50. The summed E-state index contributed by atoms with van der Waals surface area (Å²) in [6, 6.07) is 6.30. The van der Waals surface area contributed by atoms with Crippen molar-refractivity contribution in [2.24, 2.45) is 5.73 Å². The second-order valence-corrected chi connectivity index (χ2v) is 4.15. The van der Waals surface area contributed by atoms with Crippen LogP contribution in [0.1, 0.15) is 19.4 Å². The fourth-order valence-corrected chi connectivity index (χ4v) is 1.50. The molecule has 96 valence electrons. The number of benzene rings is 1. The molecule has 5 heteroatoms. The number of carbonyl (C=O) groups excluding carboxylic acids is 1. The van der Waals surface area contributed by atoms with Crippen molar-refractivity contribution in [1.29, 1.82) is 0 Å². The molecule has 0 atom stereocenters. The minimum atomic E-state index is -0.888. The van der Waals surface area contributed by atoms with E-state index in [1.54, 1.807) is 32.0 Å². The SMILES string of the molecule is CC(C)(C(=O)NCCN)c1ccccc1F.Cl. The second kappa shape index (κ2) is 6.57. The van der Waals surface area contributed by atoms with Crippen LogP contribution >= 0.6 is 12.4 Å². The average molecular weight is 261 g/mol. The van der Waals surface area contributed by atoms with Crippen LogP contribution in [-0.2, 0) is 10.2 Å². The molecule has 0 spiro atoms. The van der Waals surface area contributed by atoms with Crippen molar-refractivity contribution in [2.75, 3.05) is 13.1 Å². The largest absolute Gasteiger partial charge is 0.354 e. The molecule has 0 saturated heterocycles. The van der Waals surface area contributed by atoms with Gasteiger partial charge in [0.1, 0.15) is 5.82 Å². The molecule has 0 aromatic heterocycles. The molecule has 0 aliphatic carbocycles. The molecular formula is C12H18ClFN2O. The predicted molar refractivity (Wildman–Crippen MR) is 68.7 cm³/mol. The van der Waals surface area contributed by atoms with Gasteiger partial charge in [0.05, 0.1) is 5.41 Å². The quantitative estimate of drug-likeness (QED) is 0.864. The third-order valence-corrected chi connectivity index (χ3v) is 2.54. The summed E-state index contributed by atoms with van der Waals surface area (Å²) >= 11 is 0. The van der Waals surface area contributed by atoms with E-state index in [2.05, 4.69) is 5.32 Å². The monoisotopic (exact) mass is 260 g/mol. The molecule has 0 radical (unpaired) electrons. The van der Waals surface area contributed by atoms with Gasteiger partial charge in [-0.2, -0.15) is 0 Å². The van der Waals surface area contributed by atoms with Crippen LogP contribution in [-0.4, -0.2) is 19.0 Å². The minimum Gasteiger partial charge on any atom is -0.354 e. The van der Waals surface area contributed by atoms with Crippen molar-refractivity contribution < 1.29 is 9.18 Å². The predicted octanol–water partition coefficient (Wildman–Crippen LogP) is 1.60. The number of nitrogens with one attached hydrogen (secondary N) is 1. The molecule has 17 heavy (non-hydrogen) atoms. The lowest BCUT2D eigenvalue weighted by Gasteiger charge is -2.24. The summed E-state index contributed by atoms with van der Waals surface area (Å²) in [5.74, 6) is -0.585. The molecule has 3 N–H and O–H groups in total. The first-order valence-corrected chi connectivity index (χ1v) is 5.23. The third-order valence-electron chi connectivity index (χ3n) is 2.54. The molecule has 1 aromatic rings. The van der Waals surface area contributed by atoms with Crippen LogP contribution in [0.2, 0.25) is 0 Å². The third kappa shape index (κ3) is 3.68. The lowest BCUT2D eigenvalue weighted by molar-refractivity contribution is -0.125. The summed E-state index contributed by atoms with van der Waals surface area (Å²) in [7, 11) is 0. The smallest absolute Gasteiger partial charge is 0.230 e. The Morgan fingerprint density at radius 3 is 2.53 bits per heavy atom. The van der Waals surface area contributed by atoms with Crippen molar-refractivity contribution >= 4 is 18.3 Å². The van der Waals surface area contributed by atoms with E-state index in [0.29, 0.717) is 18.7 Å².